The molecule has 0 spiro atoms. The minimum Gasteiger partial charge on any atom is -0.304 e. The standard InChI is InChI=1S/C10H18N2/c1-10(2)5-3-4-9(10)8-12-7-6-11/h9,12H,3-5,7-8H2,1-2H3. The minimum absolute atomic E-state index is 0.489. The third kappa shape index (κ3) is 2.22. The van der Waals surface area contributed by atoms with Crippen LogP contribution >= 0.6 is 0 Å². The van der Waals surface area contributed by atoms with Crippen LogP contribution in [-0.2, 0) is 0 Å². The minimum atomic E-state index is 0.489. The first-order valence-corrected chi connectivity index (χ1v) is 4.74. The Balaban J connectivity index is 2.28. The second-order valence-electron chi connectivity index (χ2n) is 4.37. The summed E-state index contributed by atoms with van der Waals surface area (Å²) in [5, 5.41) is 11.5. The Labute approximate surface area is 75.0 Å². The van der Waals surface area contributed by atoms with Crippen LogP contribution in [0.1, 0.15) is 33.1 Å². The fourth-order valence-electron chi connectivity index (χ4n) is 2.08. The van der Waals surface area contributed by atoms with Gasteiger partial charge in [0.2, 0.25) is 0 Å². The molecular weight excluding hydrogens is 148 g/mol. The van der Waals surface area contributed by atoms with Gasteiger partial charge in [0.1, 0.15) is 0 Å². The molecule has 2 heteroatoms. The lowest BCUT2D eigenvalue weighted by atomic mass is 9.82. The van der Waals surface area contributed by atoms with E-state index >= 15 is 0 Å². The number of nitrogens with one attached hydrogen (secondary N) is 1. The molecule has 0 bridgehead atoms. The van der Waals surface area contributed by atoms with Gasteiger partial charge in [0.15, 0.2) is 0 Å². The molecule has 0 heterocycles. The summed E-state index contributed by atoms with van der Waals surface area (Å²) >= 11 is 0. The van der Waals surface area contributed by atoms with E-state index in [0.29, 0.717) is 12.0 Å². The van der Waals surface area contributed by atoms with Gasteiger partial charge in [-0.1, -0.05) is 20.3 Å². The number of hydrogen-bond acceptors (Lipinski definition) is 2. The number of rotatable bonds is 3. The molecule has 0 saturated heterocycles. The molecule has 12 heavy (non-hydrogen) atoms. The van der Waals surface area contributed by atoms with Crippen LogP contribution in [0.2, 0.25) is 0 Å². The molecule has 0 aliphatic heterocycles. The number of nitriles is 1. The average molecular weight is 166 g/mol. The van der Waals surface area contributed by atoms with Crippen molar-refractivity contribution in [1.29, 1.82) is 5.26 Å². The lowest BCUT2D eigenvalue weighted by Gasteiger charge is -2.26. The summed E-state index contributed by atoms with van der Waals surface area (Å²) in [4.78, 5) is 0. The second-order valence-corrected chi connectivity index (χ2v) is 4.37. The second kappa shape index (κ2) is 3.91. The average Bonchev–Trinajstić information content (AvgIpc) is 2.32. The highest BCUT2D eigenvalue weighted by Gasteiger charge is 2.33. The zero-order chi connectivity index (χ0) is 9.03. The predicted molar refractivity (Wildman–Crippen MR) is 49.6 cm³/mol. The van der Waals surface area contributed by atoms with Crippen molar-refractivity contribution in [3.63, 3.8) is 0 Å². The molecule has 1 fully saturated rings. The number of hydrogen-bond donors (Lipinski definition) is 1. The molecule has 1 aliphatic carbocycles. The Hall–Kier alpha value is -0.550. The fourth-order valence-corrected chi connectivity index (χ4v) is 2.08. The van der Waals surface area contributed by atoms with Gasteiger partial charge in [-0.3, -0.25) is 0 Å². The third-order valence-corrected chi connectivity index (χ3v) is 3.07. The van der Waals surface area contributed by atoms with Crippen molar-refractivity contribution in [3.8, 4) is 6.07 Å². The van der Waals surface area contributed by atoms with Gasteiger partial charge in [0.05, 0.1) is 12.6 Å². The summed E-state index contributed by atoms with van der Waals surface area (Å²) in [5.74, 6) is 0.769. The summed E-state index contributed by atoms with van der Waals surface area (Å²) in [6.45, 7) is 6.17. The first kappa shape index (κ1) is 9.54. The quantitative estimate of drug-likeness (QED) is 0.513. The van der Waals surface area contributed by atoms with Crippen molar-refractivity contribution in [3.05, 3.63) is 0 Å². The maximum Gasteiger partial charge on any atom is 0.0841 e. The summed E-state index contributed by atoms with van der Waals surface area (Å²) in [6.07, 6.45) is 4.02. The Morgan fingerprint density at radius 3 is 2.83 bits per heavy atom. The summed E-state index contributed by atoms with van der Waals surface area (Å²) in [7, 11) is 0. The van der Waals surface area contributed by atoms with E-state index in [1.807, 2.05) is 0 Å². The van der Waals surface area contributed by atoms with Crippen molar-refractivity contribution in [1.82, 2.24) is 5.32 Å². The molecule has 1 saturated carbocycles. The highest BCUT2D eigenvalue weighted by Crippen LogP contribution is 2.41. The van der Waals surface area contributed by atoms with E-state index in [4.69, 9.17) is 5.26 Å². The topological polar surface area (TPSA) is 35.8 Å². The van der Waals surface area contributed by atoms with E-state index in [0.717, 1.165) is 12.5 Å². The zero-order valence-electron chi connectivity index (χ0n) is 8.06. The maximum absolute atomic E-state index is 8.36. The van der Waals surface area contributed by atoms with Crippen molar-refractivity contribution in [2.75, 3.05) is 13.1 Å². The van der Waals surface area contributed by atoms with Crippen molar-refractivity contribution in [2.24, 2.45) is 11.3 Å². The van der Waals surface area contributed by atoms with E-state index in [2.05, 4.69) is 25.2 Å². The van der Waals surface area contributed by atoms with Crippen LogP contribution in [0.5, 0.6) is 0 Å². The molecule has 2 nitrogen and oxygen atoms in total. The van der Waals surface area contributed by atoms with E-state index in [1.165, 1.54) is 19.3 Å². The molecule has 68 valence electrons. The van der Waals surface area contributed by atoms with E-state index in [1.54, 1.807) is 0 Å². The summed E-state index contributed by atoms with van der Waals surface area (Å²) < 4.78 is 0. The lowest BCUT2D eigenvalue weighted by molar-refractivity contribution is 0.254. The fraction of sp³-hybridized carbons (Fsp3) is 0.900. The summed E-state index contributed by atoms with van der Waals surface area (Å²) in [5.41, 5.74) is 0.489. The molecule has 1 N–H and O–H groups in total. The molecule has 1 aliphatic rings. The Bertz CT molecular complexity index is 179. The van der Waals surface area contributed by atoms with E-state index in [-0.39, 0.29) is 0 Å². The molecule has 0 aromatic carbocycles. The van der Waals surface area contributed by atoms with Gasteiger partial charge in [-0.2, -0.15) is 5.26 Å². The van der Waals surface area contributed by atoms with Gasteiger partial charge in [0.25, 0.3) is 0 Å². The molecule has 1 unspecified atom stereocenters. The van der Waals surface area contributed by atoms with E-state index in [9.17, 15) is 0 Å². The van der Waals surface area contributed by atoms with Gasteiger partial charge in [-0.05, 0) is 30.7 Å². The van der Waals surface area contributed by atoms with Gasteiger partial charge >= 0.3 is 0 Å². The van der Waals surface area contributed by atoms with Gasteiger partial charge in [-0.25, -0.2) is 0 Å². The molecule has 1 atom stereocenters. The van der Waals surface area contributed by atoms with Gasteiger partial charge in [-0.15, -0.1) is 0 Å². The maximum atomic E-state index is 8.36. The highest BCUT2D eigenvalue weighted by atomic mass is 14.9. The summed E-state index contributed by atoms with van der Waals surface area (Å²) in [6, 6.07) is 2.11. The van der Waals surface area contributed by atoms with E-state index < -0.39 is 0 Å². The van der Waals surface area contributed by atoms with Gasteiger partial charge in [0, 0.05) is 0 Å². The molecule has 0 aromatic rings. The monoisotopic (exact) mass is 166 g/mol. The van der Waals surface area contributed by atoms with Crippen LogP contribution in [0.4, 0.5) is 0 Å². The highest BCUT2D eigenvalue weighted by molar-refractivity contribution is 4.87. The van der Waals surface area contributed by atoms with Crippen molar-refractivity contribution < 1.29 is 0 Å². The molecule has 0 aromatic heterocycles. The first-order chi connectivity index (χ1) is 5.67. The molecule has 0 amide bonds. The van der Waals surface area contributed by atoms with Crippen LogP contribution in [0.15, 0.2) is 0 Å². The van der Waals surface area contributed by atoms with Gasteiger partial charge < -0.3 is 5.32 Å². The SMILES string of the molecule is CC1(C)CCCC1CNCC#N. The molecule has 0 radical (unpaired) electrons. The Kier molecular flexibility index (Phi) is 3.11. The van der Waals surface area contributed by atoms with Crippen LogP contribution in [0.25, 0.3) is 0 Å². The third-order valence-electron chi connectivity index (χ3n) is 3.07. The van der Waals surface area contributed by atoms with Crippen molar-refractivity contribution in [2.45, 2.75) is 33.1 Å². The van der Waals surface area contributed by atoms with Crippen LogP contribution in [0, 0.1) is 22.7 Å². The molecule has 1 rings (SSSR count). The number of nitrogens with zero attached hydrogens (tertiary/aromatic N) is 1. The normalized spacial score (nSPS) is 26.9. The first-order valence-electron chi connectivity index (χ1n) is 4.74. The Morgan fingerprint density at radius 2 is 2.33 bits per heavy atom. The zero-order valence-corrected chi connectivity index (χ0v) is 8.06. The molecular formula is C10H18N2. The smallest absolute Gasteiger partial charge is 0.0841 e. The largest absolute Gasteiger partial charge is 0.304 e. The van der Waals surface area contributed by atoms with Crippen molar-refractivity contribution >= 4 is 0 Å². The Morgan fingerprint density at radius 1 is 1.58 bits per heavy atom. The predicted octanol–water partition coefficient (Wildman–Crippen LogP) is 1.93. The van der Waals surface area contributed by atoms with Crippen LogP contribution in [0.3, 0.4) is 0 Å². The van der Waals surface area contributed by atoms with Crippen LogP contribution < -0.4 is 5.32 Å². The van der Waals surface area contributed by atoms with Crippen LogP contribution in [-0.4, -0.2) is 13.1 Å². The lowest BCUT2D eigenvalue weighted by Crippen LogP contribution is -2.29.